The molecule has 0 aliphatic heterocycles. The molecule has 0 unspecified atom stereocenters. The van der Waals surface area contributed by atoms with Crippen LogP contribution in [0.4, 0.5) is 0 Å². The second-order valence-corrected chi connectivity index (χ2v) is 6.88. The van der Waals surface area contributed by atoms with E-state index in [1.165, 1.54) is 0 Å². The van der Waals surface area contributed by atoms with Crippen LogP contribution >= 0.6 is 0 Å². The summed E-state index contributed by atoms with van der Waals surface area (Å²) >= 11 is 0. The fourth-order valence-corrected chi connectivity index (χ4v) is 2.96. The maximum Gasteiger partial charge on any atom is 0.255 e. The van der Waals surface area contributed by atoms with Gasteiger partial charge in [0.1, 0.15) is 5.75 Å². The lowest BCUT2D eigenvalue weighted by molar-refractivity contribution is 0.0950. The minimum Gasteiger partial charge on any atom is -0.497 e. The molecule has 0 spiro atoms. The van der Waals surface area contributed by atoms with Gasteiger partial charge in [0.2, 0.25) is 0 Å². The van der Waals surface area contributed by atoms with Gasteiger partial charge in [-0.2, -0.15) is 5.10 Å². The van der Waals surface area contributed by atoms with E-state index < -0.39 is 0 Å². The minimum atomic E-state index is -0.108. The van der Waals surface area contributed by atoms with Crippen LogP contribution in [-0.4, -0.2) is 22.8 Å². The fourth-order valence-electron chi connectivity index (χ4n) is 2.96. The lowest BCUT2D eigenvalue weighted by atomic mass is 10.0. The highest BCUT2D eigenvalue weighted by molar-refractivity contribution is 5.95. The molecule has 1 aromatic heterocycles. The van der Waals surface area contributed by atoms with Gasteiger partial charge in [-0.25, -0.2) is 4.68 Å². The summed E-state index contributed by atoms with van der Waals surface area (Å²) in [6.45, 7) is 4.74. The highest BCUT2D eigenvalue weighted by atomic mass is 16.5. The Kier molecular flexibility index (Phi) is 5.91. The lowest BCUT2D eigenvalue weighted by Gasteiger charge is -2.12. The highest BCUT2D eigenvalue weighted by Gasteiger charge is 2.19. The normalized spacial score (nSPS) is 10.8. The molecule has 0 saturated carbocycles. The second kappa shape index (κ2) is 8.54. The van der Waals surface area contributed by atoms with Crippen molar-refractivity contribution in [2.24, 2.45) is 5.92 Å². The monoisotopic (exact) mass is 363 g/mol. The largest absolute Gasteiger partial charge is 0.497 e. The van der Waals surface area contributed by atoms with Crippen molar-refractivity contribution in [3.05, 3.63) is 77.6 Å². The van der Waals surface area contributed by atoms with Crippen molar-refractivity contribution < 1.29 is 9.53 Å². The fraction of sp³-hybridized carbons (Fsp3) is 0.273. The predicted molar refractivity (Wildman–Crippen MR) is 106 cm³/mol. The van der Waals surface area contributed by atoms with E-state index in [9.17, 15) is 4.79 Å². The molecule has 0 aliphatic carbocycles. The van der Waals surface area contributed by atoms with E-state index in [1.807, 2.05) is 59.3 Å². The number of nitrogens with one attached hydrogen (secondary N) is 1. The molecule has 140 valence electrons. The molecule has 27 heavy (non-hydrogen) atoms. The van der Waals surface area contributed by atoms with E-state index in [1.54, 1.807) is 13.3 Å². The van der Waals surface area contributed by atoms with Gasteiger partial charge < -0.3 is 10.1 Å². The van der Waals surface area contributed by atoms with Gasteiger partial charge in [-0.05, 0) is 42.2 Å². The van der Waals surface area contributed by atoms with Gasteiger partial charge in [-0.1, -0.05) is 44.2 Å². The van der Waals surface area contributed by atoms with Crippen molar-refractivity contribution >= 4 is 5.91 Å². The van der Waals surface area contributed by atoms with E-state index in [-0.39, 0.29) is 5.91 Å². The molecule has 1 N–H and O–H groups in total. The van der Waals surface area contributed by atoms with Crippen molar-refractivity contribution in [3.63, 3.8) is 0 Å². The first kappa shape index (κ1) is 18.7. The second-order valence-electron chi connectivity index (χ2n) is 6.88. The van der Waals surface area contributed by atoms with Crippen LogP contribution in [0.15, 0.2) is 60.8 Å². The number of ether oxygens (including phenoxy) is 1. The lowest BCUT2D eigenvalue weighted by Crippen LogP contribution is -2.24. The Bertz CT molecular complexity index is 884. The quantitative estimate of drug-likeness (QED) is 0.690. The Balaban J connectivity index is 1.80. The molecule has 5 heteroatoms. The van der Waals surface area contributed by atoms with Gasteiger partial charge in [-0.15, -0.1) is 0 Å². The molecule has 2 aromatic carbocycles. The van der Waals surface area contributed by atoms with Crippen LogP contribution in [0.2, 0.25) is 0 Å². The topological polar surface area (TPSA) is 56.1 Å². The zero-order chi connectivity index (χ0) is 19.2. The molecular weight excluding hydrogens is 338 g/mol. The third-order valence-corrected chi connectivity index (χ3v) is 4.33. The van der Waals surface area contributed by atoms with E-state index in [0.29, 0.717) is 18.0 Å². The summed E-state index contributed by atoms with van der Waals surface area (Å²) in [5.41, 5.74) is 3.54. The summed E-state index contributed by atoms with van der Waals surface area (Å²) in [6, 6.07) is 17.6. The van der Waals surface area contributed by atoms with Crippen LogP contribution in [0.25, 0.3) is 5.69 Å². The third-order valence-electron chi connectivity index (χ3n) is 4.33. The first-order valence-electron chi connectivity index (χ1n) is 9.12. The SMILES string of the molecule is COc1ccc(CNC(=O)c2cnn(-c3ccccc3)c2CC(C)C)cc1. The van der Waals surface area contributed by atoms with Crippen LogP contribution in [0.5, 0.6) is 5.75 Å². The zero-order valence-electron chi connectivity index (χ0n) is 16.0. The van der Waals surface area contributed by atoms with E-state index in [0.717, 1.165) is 29.1 Å². The van der Waals surface area contributed by atoms with Gasteiger partial charge in [0, 0.05) is 6.54 Å². The molecule has 1 amide bonds. The van der Waals surface area contributed by atoms with Crippen LogP contribution < -0.4 is 10.1 Å². The van der Waals surface area contributed by atoms with Crippen LogP contribution in [0.1, 0.15) is 35.5 Å². The number of carbonyl (C=O) groups is 1. The average molecular weight is 363 g/mol. The molecule has 3 aromatic rings. The Hall–Kier alpha value is -3.08. The molecule has 3 rings (SSSR count). The third kappa shape index (κ3) is 4.56. The number of nitrogens with zero attached hydrogens (tertiary/aromatic N) is 2. The summed E-state index contributed by atoms with van der Waals surface area (Å²) in [5, 5.41) is 7.48. The number of methoxy groups -OCH3 is 1. The first-order valence-corrected chi connectivity index (χ1v) is 9.12. The maximum absolute atomic E-state index is 12.8. The van der Waals surface area contributed by atoms with Gasteiger partial charge >= 0.3 is 0 Å². The molecule has 0 atom stereocenters. The molecule has 0 saturated heterocycles. The number of amides is 1. The summed E-state index contributed by atoms with van der Waals surface area (Å²) in [5.74, 6) is 1.11. The average Bonchev–Trinajstić information content (AvgIpc) is 3.10. The zero-order valence-corrected chi connectivity index (χ0v) is 16.0. The predicted octanol–water partition coefficient (Wildman–Crippen LogP) is 4.01. The Labute approximate surface area is 160 Å². The number of para-hydroxylation sites is 1. The maximum atomic E-state index is 12.8. The summed E-state index contributed by atoms with van der Waals surface area (Å²) in [6.07, 6.45) is 2.44. The van der Waals surface area contributed by atoms with Gasteiger partial charge in [0.05, 0.1) is 30.3 Å². The summed E-state index contributed by atoms with van der Waals surface area (Å²) in [4.78, 5) is 12.8. The van der Waals surface area contributed by atoms with Gasteiger partial charge in [0.25, 0.3) is 5.91 Å². The molecule has 5 nitrogen and oxygen atoms in total. The number of rotatable bonds is 7. The van der Waals surface area contributed by atoms with Crippen molar-refractivity contribution in [2.45, 2.75) is 26.8 Å². The Morgan fingerprint density at radius 3 is 2.44 bits per heavy atom. The van der Waals surface area contributed by atoms with Gasteiger partial charge in [0.15, 0.2) is 0 Å². The molecule has 0 bridgehead atoms. The standard InChI is InChI=1S/C22H25N3O2/c1-16(2)13-21-20(15-24-25(21)18-7-5-4-6-8-18)22(26)23-14-17-9-11-19(27-3)12-10-17/h4-12,15-16H,13-14H2,1-3H3,(H,23,26). The van der Waals surface area contributed by atoms with E-state index in [4.69, 9.17) is 4.74 Å². The summed E-state index contributed by atoms with van der Waals surface area (Å²) < 4.78 is 7.03. The Morgan fingerprint density at radius 1 is 1.11 bits per heavy atom. The number of carbonyl (C=O) groups excluding carboxylic acids is 1. The first-order chi connectivity index (χ1) is 13.1. The van der Waals surface area contributed by atoms with Crippen LogP contribution in [0, 0.1) is 5.92 Å². The molecular formula is C22H25N3O2. The van der Waals surface area contributed by atoms with Crippen molar-refractivity contribution in [1.82, 2.24) is 15.1 Å². The van der Waals surface area contributed by atoms with Crippen molar-refractivity contribution in [2.75, 3.05) is 7.11 Å². The number of hydrogen-bond acceptors (Lipinski definition) is 3. The van der Waals surface area contributed by atoms with Gasteiger partial charge in [-0.3, -0.25) is 4.79 Å². The molecule has 1 heterocycles. The number of aromatic nitrogens is 2. The van der Waals surface area contributed by atoms with Crippen LogP contribution in [-0.2, 0) is 13.0 Å². The number of benzene rings is 2. The highest BCUT2D eigenvalue weighted by Crippen LogP contribution is 2.19. The minimum absolute atomic E-state index is 0.108. The number of hydrogen-bond donors (Lipinski definition) is 1. The van der Waals surface area contributed by atoms with Crippen molar-refractivity contribution in [3.8, 4) is 11.4 Å². The smallest absolute Gasteiger partial charge is 0.255 e. The summed E-state index contributed by atoms with van der Waals surface area (Å²) in [7, 11) is 1.64. The van der Waals surface area contributed by atoms with E-state index in [2.05, 4.69) is 24.3 Å². The molecule has 0 aliphatic rings. The van der Waals surface area contributed by atoms with E-state index >= 15 is 0 Å². The molecule has 0 fully saturated rings. The van der Waals surface area contributed by atoms with Crippen molar-refractivity contribution in [1.29, 1.82) is 0 Å². The Morgan fingerprint density at radius 2 is 1.81 bits per heavy atom. The van der Waals surface area contributed by atoms with Crippen LogP contribution in [0.3, 0.4) is 0 Å². The molecule has 0 radical (unpaired) electrons.